The molecule has 7 heteroatoms. The van der Waals surface area contributed by atoms with Crippen LogP contribution in [0.2, 0.25) is 0 Å². The summed E-state index contributed by atoms with van der Waals surface area (Å²) in [6.07, 6.45) is 7.14. The topological polar surface area (TPSA) is 90.2 Å². The number of H-pyrrole nitrogens is 3. The van der Waals surface area contributed by atoms with Gasteiger partial charge in [0.1, 0.15) is 0 Å². The van der Waals surface area contributed by atoms with Crippen LogP contribution in [0.3, 0.4) is 0 Å². The molecule has 0 amide bonds. The lowest BCUT2D eigenvalue weighted by atomic mass is 9.73. The van der Waals surface area contributed by atoms with E-state index in [0.29, 0.717) is 22.6 Å². The molecule has 178 valence electrons. The third kappa shape index (κ3) is 4.20. The zero-order chi connectivity index (χ0) is 24.5. The zero-order valence-corrected chi connectivity index (χ0v) is 19.5. The summed E-state index contributed by atoms with van der Waals surface area (Å²) in [6, 6.07) is 24.6. The molecule has 1 aliphatic rings. The quantitative estimate of drug-likeness (QED) is 0.260. The molecule has 0 bridgehead atoms. The van der Waals surface area contributed by atoms with Gasteiger partial charge in [-0.1, -0.05) is 73.2 Å². The highest BCUT2D eigenvalue weighted by Gasteiger charge is 2.27. The number of halogens is 1. The fourth-order valence-corrected chi connectivity index (χ4v) is 4.81. The van der Waals surface area contributed by atoms with Crippen molar-refractivity contribution in [2.75, 3.05) is 0 Å². The van der Waals surface area contributed by atoms with Crippen molar-refractivity contribution in [1.82, 2.24) is 25.4 Å². The Balaban J connectivity index is 1.50. The van der Waals surface area contributed by atoms with Gasteiger partial charge in [0.2, 0.25) is 5.95 Å². The van der Waals surface area contributed by atoms with Crippen molar-refractivity contribution in [3.63, 3.8) is 0 Å². The maximum Gasteiger partial charge on any atom is 0.340 e. The fraction of sp³-hybridized carbons (Fsp3) is 0.138. The van der Waals surface area contributed by atoms with Crippen LogP contribution in [-0.4, -0.2) is 25.4 Å². The fourth-order valence-electron chi connectivity index (χ4n) is 4.81. The molecule has 1 aliphatic carbocycles. The molecule has 2 aromatic heterocycles. The molecule has 6 nitrogen and oxygen atoms in total. The van der Waals surface area contributed by atoms with Crippen LogP contribution in [0, 0.1) is 11.9 Å². The molecule has 0 unspecified atom stereocenters. The molecule has 2 heterocycles. The first-order valence-electron chi connectivity index (χ1n) is 12.0. The summed E-state index contributed by atoms with van der Waals surface area (Å²) in [4.78, 5) is 13.9. The number of hydrogen-bond acceptors (Lipinski definition) is 3. The van der Waals surface area contributed by atoms with Gasteiger partial charge >= 0.3 is 5.69 Å². The number of nitrogens with one attached hydrogen (secondary N) is 3. The largest absolute Gasteiger partial charge is 0.340 e. The Hall–Kier alpha value is -4.52. The third-order valence-electron chi connectivity index (χ3n) is 6.83. The molecular formula is C29H24FN5O. The number of aromatic nitrogens is 5. The zero-order valence-electron chi connectivity index (χ0n) is 19.5. The van der Waals surface area contributed by atoms with Crippen molar-refractivity contribution in [1.29, 1.82) is 0 Å². The predicted octanol–water partition coefficient (Wildman–Crippen LogP) is 6.04. The molecule has 0 aliphatic heterocycles. The van der Waals surface area contributed by atoms with E-state index in [-0.39, 0.29) is 5.69 Å². The molecule has 1 saturated carbocycles. The Morgan fingerprint density at radius 2 is 1.64 bits per heavy atom. The lowest BCUT2D eigenvalue weighted by molar-refractivity contribution is 0.401. The second-order valence-electron chi connectivity index (χ2n) is 9.08. The van der Waals surface area contributed by atoms with E-state index in [2.05, 4.69) is 61.8 Å². The summed E-state index contributed by atoms with van der Waals surface area (Å²) < 4.78 is 14.4. The van der Waals surface area contributed by atoms with Gasteiger partial charge in [-0.25, -0.2) is 9.89 Å². The summed E-state index contributed by atoms with van der Waals surface area (Å²) >= 11 is 0. The predicted molar refractivity (Wildman–Crippen MR) is 140 cm³/mol. The van der Waals surface area contributed by atoms with Crippen molar-refractivity contribution in [3.8, 4) is 0 Å². The Morgan fingerprint density at radius 1 is 0.861 bits per heavy atom. The van der Waals surface area contributed by atoms with Crippen molar-refractivity contribution in [2.45, 2.75) is 19.3 Å². The van der Waals surface area contributed by atoms with E-state index in [9.17, 15) is 9.18 Å². The van der Waals surface area contributed by atoms with Crippen molar-refractivity contribution < 1.29 is 4.39 Å². The van der Waals surface area contributed by atoms with E-state index >= 15 is 0 Å². The molecule has 5 aromatic rings. The Kier molecular flexibility index (Phi) is 5.65. The summed E-state index contributed by atoms with van der Waals surface area (Å²) in [5.74, 6) is 0.424. The second-order valence-corrected chi connectivity index (χ2v) is 9.08. The molecule has 1 fully saturated rings. The highest BCUT2D eigenvalue weighted by atomic mass is 19.1. The summed E-state index contributed by atoms with van der Waals surface area (Å²) in [7, 11) is 0. The van der Waals surface area contributed by atoms with Gasteiger partial charge in [0.05, 0.1) is 10.9 Å². The van der Waals surface area contributed by atoms with Crippen molar-refractivity contribution in [2.24, 2.45) is 5.92 Å². The smallest absolute Gasteiger partial charge is 0.289 e. The van der Waals surface area contributed by atoms with Crippen LogP contribution in [0.1, 0.15) is 47.3 Å². The van der Waals surface area contributed by atoms with Crippen LogP contribution in [-0.2, 0) is 0 Å². The van der Waals surface area contributed by atoms with Gasteiger partial charge in [-0.3, -0.25) is 10.1 Å². The standard InChI is InChI=1S/C29H24FN5O/c30-28-23-17-22(14-15-24(23)32-34-28)27(26(20-7-4-8-20)19-5-2-1-3-6-19)21-12-9-18(10-13-21)11-16-25-31-29(36)35-33-25/h1-3,5-6,9-17,20H,4,7-8H2,(H,32,34)(H2,31,33,35,36)/b16-11+,27-26-. The van der Waals surface area contributed by atoms with Gasteiger partial charge < -0.3 is 0 Å². The van der Waals surface area contributed by atoms with Gasteiger partial charge in [0.25, 0.3) is 0 Å². The van der Waals surface area contributed by atoms with E-state index in [1.165, 1.54) is 17.6 Å². The Labute approximate surface area is 206 Å². The van der Waals surface area contributed by atoms with Crippen LogP contribution >= 0.6 is 0 Å². The van der Waals surface area contributed by atoms with Crippen LogP contribution < -0.4 is 5.69 Å². The lowest BCUT2D eigenvalue weighted by Gasteiger charge is -2.31. The van der Waals surface area contributed by atoms with Gasteiger partial charge in [0.15, 0.2) is 5.82 Å². The van der Waals surface area contributed by atoms with Gasteiger partial charge in [-0.2, -0.15) is 9.49 Å². The van der Waals surface area contributed by atoms with Gasteiger partial charge in [0, 0.05) is 0 Å². The summed E-state index contributed by atoms with van der Waals surface area (Å²) in [5.41, 5.74) is 6.94. The molecule has 0 spiro atoms. The number of allylic oxidation sites excluding steroid dienone is 1. The first-order valence-corrected chi connectivity index (χ1v) is 12.0. The average Bonchev–Trinajstić information content (AvgIpc) is 3.47. The summed E-state index contributed by atoms with van der Waals surface area (Å²) in [5, 5.41) is 13.3. The van der Waals surface area contributed by atoms with Crippen LogP contribution in [0.5, 0.6) is 0 Å². The van der Waals surface area contributed by atoms with E-state index in [1.54, 1.807) is 6.08 Å². The van der Waals surface area contributed by atoms with E-state index in [4.69, 9.17) is 0 Å². The monoisotopic (exact) mass is 477 g/mol. The second kappa shape index (κ2) is 9.26. The van der Waals surface area contributed by atoms with Crippen molar-refractivity contribution >= 4 is 34.2 Å². The minimum absolute atomic E-state index is 0.338. The molecule has 0 saturated heterocycles. The van der Waals surface area contributed by atoms with E-state index in [0.717, 1.165) is 35.1 Å². The van der Waals surface area contributed by atoms with Crippen LogP contribution in [0.4, 0.5) is 4.39 Å². The number of fused-ring (bicyclic) bond motifs is 1. The van der Waals surface area contributed by atoms with E-state index in [1.807, 2.05) is 42.5 Å². The third-order valence-corrected chi connectivity index (χ3v) is 6.83. The van der Waals surface area contributed by atoms with Gasteiger partial charge in [-0.05, 0) is 70.4 Å². The molecule has 3 aromatic carbocycles. The Bertz CT molecular complexity index is 1640. The number of benzene rings is 3. The number of rotatable bonds is 6. The number of hydrogen-bond donors (Lipinski definition) is 3. The molecule has 6 rings (SSSR count). The minimum Gasteiger partial charge on any atom is -0.289 e. The summed E-state index contributed by atoms with van der Waals surface area (Å²) in [6.45, 7) is 0. The molecule has 36 heavy (non-hydrogen) atoms. The molecule has 0 atom stereocenters. The highest BCUT2D eigenvalue weighted by molar-refractivity contribution is 6.01. The Morgan fingerprint density at radius 3 is 2.33 bits per heavy atom. The number of nitrogens with zero attached hydrogens (tertiary/aromatic N) is 2. The first kappa shape index (κ1) is 22.0. The SMILES string of the molecule is O=c1[nH]nc(/C=C/c2ccc(/C(=C(\c3ccccc3)C3CCC3)c3ccc4[nH]nc(F)c4c3)cc2)[nH]1. The van der Waals surface area contributed by atoms with Gasteiger partial charge in [-0.15, -0.1) is 5.10 Å². The maximum atomic E-state index is 14.4. The molecular weight excluding hydrogens is 453 g/mol. The normalized spacial score (nSPS) is 14.8. The van der Waals surface area contributed by atoms with Crippen molar-refractivity contribution in [3.05, 3.63) is 117 Å². The first-order chi connectivity index (χ1) is 17.7. The average molecular weight is 478 g/mol. The minimum atomic E-state index is -0.493. The number of aromatic amines is 3. The molecule has 3 N–H and O–H groups in total. The van der Waals surface area contributed by atoms with Crippen LogP contribution in [0.15, 0.2) is 77.6 Å². The molecule has 0 radical (unpaired) electrons. The van der Waals surface area contributed by atoms with E-state index < -0.39 is 5.95 Å². The van der Waals surface area contributed by atoms with Crippen LogP contribution in [0.25, 0.3) is 34.2 Å². The lowest BCUT2D eigenvalue weighted by Crippen LogP contribution is -2.15. The highest BCUT2D eigenvalue weighted by Crippen LogP contribution is 2.45. The maximum absolute atomic E-state index is 14.4.